The van der Waals surface area contributed by atoms with Crippen LogP contribution in [0.25, 0.3) is 0 Å². The van der Waals surface area contributed by atoms with Gasteiger partial charge in [0, 0.05) is 17.8 Å². The van der Waals surface area contributed by atoms with Crippen LogP contribution in [0, 0.1) is 0 Å². The van der Waals surface area contributed by atoms with Gasteiger partial charge in [0.05, 0.1) is 0 Å². The van der Waals surface area contributed by atoms with Gasteiger partial charge in [-0.05, 0) is 17.9 Å². The number of carbonyl (C=O) groups excluding carboxylic acids is 2. The maximum atomic E-state index is 12.4. The molecular weight excluding hydrogens is 336 g/mol. The molecule has 1 heterocycles. The SMILES string of the molecule is C[C@H](OC(=O)Cn1ccc(=O)[nH]c1=O)C(=O)c1ccc(C(C)(C)C)cc1. The van der Waals surface area contributed by atoms with E-state index in [-0.39, 0.29) is 11.2 Å². The predicted molar refractivity (Wildman–Crippen MR) is 96.3 cm³/mol. The maximum Gasteiger partial charge on any atom is 0.328 e. The zero-order chi connectivity index (χ0) is 19.5. The van der Waals surface area contributed by atoms with Crippen LogP contribution in [0.15, 0.2) is 46.1 Å². The number of ketones is 1. The third-order valence-corrected chi connectivity index (χ3v) is 3.91. The lowest BCUT2D eigenvalue weighted by atomic mass is 9.86. The number of ether oxygens (including phenoxy) is 1. The highest BCUT2D eigenvalue weighted by Crippen LogP contribution is 2.22. The summed E-state index contributed by atoms with van der Waals surface area (Å²) in [5, 5.41) is 0. The van der Waals surface area contributed by atoms with Crippen LogP contribution in [0.4, 0.5) is 0 Å². The highest BCUT2D eigenvalue weighted by Gasteiger charge is 2.21. The monoisotopic (exact) mass is 358 g/mol. The van der Waals surface area contributed by atoms with Crippen molar-refractivity contribution in [2.45, 2.75) is 45.8 Å². The van der Waals surface area contributed by atoms with Gasteiger partial charge in [-0.3, -0.25) is 23.9 Å². The van der Waals surface area contributed by atoms with E-state index in [0.29, 0.717) is 5.56 Å². The molecule has 2 aromatic rings. The van der Waals surface area contributed by atoms with Crippen molar-refractivity contribution in [3.05, 3.63) is 68.5 Å². The molecule has 0 aliphatic carbocycles. The molecule has 138 valence electrons. The van der Waals surface area contributed by atoms with E-state index >= 15 is 0 Å². The largest absolute Gasteiger partial charge is 0.453 e. The van der Waals surface area contributed by atoms with Gasteiger partial charge in [-0.1, -0.05) is 45.0 Å². The summed E-state index contributed by atoms with van der Waals surface area (Å²) in [4.78, 5) is 49.0. The number of aromatic amines is 1. The van der Waals surface area contributed by atoms with Gasteiger partial charge in [0.15, 0.2) is 6.10 Å². The molecule has 0 fully saturated rings. The van der Waals surface area contributed by atoms with Gasteiger partial charge in [-0.15, -0.1) is 0 Å². The minimum absolute atomic E-state index is 0.0242. The average molecular weight is 358 g/mol. The summed E-state index contributed by atoms with van der Waals surface area (Å²) in [6.07, 6.45) is 0.210. The van der Waals surface area contributed by atoms with Gasteiger partial charge < -0.3 is 4.74 Å². The van der Waals surface area contributed by atoms with Crippen molar-refractivity contribution >= 4 is 11.8 Å². The summed E-state index contributed by atoms with van der Waals surface area (Å²) < 4.78 is 6.11. The molecule has 0 radical (unpaired) electrons. The molecule has 7 heteroatoms. The number of H-pyrrole nitrogens is 1. The Bertz CT molecular complexity index is 916. The minimum Gasteiger partial charge on any atom is -0.453 e. The van der Waals surface area contributed by atoms with E-state index in [2.05, 4.69) is 20.8 Å². The Kier molecular flexibility index (Phi) is 5.59. The van der Waals surface area contributed by atoms with Gasteiger partial charge >= 0.3 is 11.7 Å². The summed E-state index contributed by atoms with van der Waals surface area (Å²) in [6, 6.07) is 8.29. The fourth-order valence-electron chi connectivity index (χ4n) is 2.36. The average Bonchev–Trinajstić information content (AvgIpc) is 2.56. The fourth-order valence-corrected chi connectivity index (χ4v) is 2.36. The van der Waals surface area contributed by atoms with Crippen LogP contribution in [0.3, 0.4) is 0 Å². The zero-order valence-corrected chi connectivity index (χ0v) is 15.2. The smallest absolute Gasteiger partial charge is 0.328 e. The third kappa shape index (κ3) is 4.78. The second kappa shape index (κ2) is 7.51. The second-order valence-corrected chi connectivity index (χ2v) is 7.06. The van der Waals surface area contributed by atoms with Crippen molar-refractivity contribution < 1.29 is 14.3 Å². The topological polar surface area (TPSA) is 98.2 Å². The number of benzene rings is 1. The van der Waals surface area contributed by atoms with E-state index in [1.165, 1.54) is 13.1 Å². The number of nitrogens with one attached hydrogen (secondary N) is 1. The molecular formula is C19H22N2O5. The number of Topliss-reactive ketones (excluding diaryl/α,β-unsaturated/α-hetero) is 1. The molecule has 7 nitrogen and oxygen atoms in total. The van der Waals surface area contributed by atoms with E-state index in [9.17, 15) is 19.2 Å². The van der Waals surface area contributed by atoms with Crippen molar-refractivity contribution in [3.63, 3.8) is 0 Å². The van der Waals surface area contributed by atoms with Crippen LogP contribution in [0.5, 0.6) is 0 Å². The molecule has 0 aliphatic heterocycles. The lowest BCUT2D eigenvalue weighted by Gasteiger charge is -2.19. The summed E-state index contributed by atoms with van der Waals surface area (Å²) in [6.45, 7) is 7.32. The van der Waals surface area contributed by atoms with E-state index < -0.39 is 29.9 Å². The predicted octanol–water partition coefficient (Wildman–Crippen LogP) is 1.65. The first kappa shape index (κ1) is 19.4. The molecule has 0 unspecified atom stereocenters. The van der Waals surface area contributed by atoms with Gasteiger partial charge in [0.1, 0.15) is 6.54 Å². The van der Waals surface area contributed by atoms with Gasteiger partial charge in [0.25, 0.3) is 5.56 Å². The molecule has 0 aliphatic rings. The van der Waals surface area contributed by atoms with Crippen LogP contribution in [0.1, 0.15) is 43.6 Å². The highest BCUT2D eigenvalue weighted by atomic mass is 16.5. The molecule has 1 N–H and O–H groups in total. The Morgan fingerprint density at radius 1 is 1.12 bits per heavy atom. The van der Waals surface area contributed by atoms with E-state index in [0.717, 1.165) is 16.2 Å². The van der Waals surface area contributed by atoms with Crippen LogP contribution >= 0.6 is 0 Å². The summed E-state index contributed by atoms with van der Waals surface area (Å²) in [7, 11) is 0. The molecule has 26 heavy (non-hydrogen) atoms. The molecule has 2 rings (SSSR count). The van der Waals surface area contributed by atoms with Gasteiger partial charge in [-0.2, -0.15) is 0 Å². The Balaban J connectivity index is 2.03. The third-order valence-electron chi connectivity index (χ3n) is 3.91. The molecule has 0 bridgehead atoms. The van der Waals surface area contributed by atoms with Crippen LogP contribution in [-0.2, 0) is 21.5 Å². The number of esters is 1. The first-order chi connectivity index (χ1) is 12.1. The Morgan fingerprint density at radius 3 is 2.27 bits per heavy atom. The Labute approximate surface area is 150 Å². The molecule has 0 spiro atoms. The van der Waals surface area contributed by atoms with Crippen LogP contribution in [0.2, 0.25) is 0 Å². The lowest BCUT2D eigenvalue weighted by molar-refractivity contribution is -0.147. The van der Waals surface area contributed by atoms with Crippen molar-refractivity contribution in [2.75, 3.05) is 0 Å². The Hall–Kier alpha value is -2.96. The molecule has 1 atom stereocenters. The number of hydrogen-bond acceptors (Lipinski definition) is 5. The molecule has 0 saturated heterocycles. The maximum absolute atomic E-state index is 12.4. The molecule has 0 saturated carbocycles. The lowest BCUT2D eigenvalue weighted by Crippen LogP contribution is -2.33. The van der Waals surface area contributed by atoms with E-state index in [4.69, 9.17) is 4.74 Å². The van der Waals surface area contributed by atoms with Gasteiger partial charge in [-0.25, -0.2) is 4.79 Å². The first-order valence-electron chi connectivity index (χ1n) is 8.22. The molecule has 0 amide bonds. The summed E-state index contributed by atoms with van der Waals surface area (Å²) >= 11 is 0. The number of aromatic nitrogens is 2. The number of hydrogen-bond donors (Lipinski definition) is 1. The second-order valence-electron chi connectivity index (χ2n) is 7.06. The summed E-state index contributed by atoms with van der Waals surface area (Å²) in [5.74, 6) is -1.07. The summed E-state index contributed by atoms with van der Waals surface area (Å²) in [5.41, 5.74) is 0.243. The number of nitrogens with zero attached hydrogens (tertiary/aromatic N) is 1. The normalized spacial score (nSPS) is 12.5. The number of carbonyl (C=O) groups is 2. The fraction of sp³-hybridized carbons (Fsp3) is 0.368. The highest BCUT2D eigenvalue weighted by molar-refractivity contribution is 6.00. The van der Waals surface area contributed by atoms with Crippen LogP contribution < -0.4 is 11.2 Å². The molecule has 1 aromatic carbocycles. The quantitative estimate of drug-likeness (QED) is 0.647. The minimum atomic E-state index is -0.985. The van der Waals surface area contributed by atoms with Crippen LogP contribution in [-0.4, -0.2) is 27.4 Å². The number of rotatable bonds is 5. The first-order valence-corrected chi connectivity index (χ1v) is 8.22. The van der Waals surface area contributed by atoms with E-state index in [1.54, 1.807) is 12.1 Å². The van der Waals surface area contributed by atoms with E-state index in [1.807, 2.05) is 17.1 Å². The van der Waals surface area contributed by atoms with Gasteiger partial charge in [0.2, 0.25) is 5.78 Å². The standard InChI is InChI=1S/C19H22N2O5/c1-12(17(24)13-5-7-14(8-6-13)19(2,3)4)26-16(23)11-21-10-9-15(22)20-18(21)25/h5-10,12H,11H2,1-4H3,(H,20,22,25)/t12-/m0/s1. The van der Waals surface area contributed by atoms with Crippen molar-refractivity contribution in [1.29, 1.82) is 0 Å². The van der Waals surface area contributed by atoms with Crippen molar-refractivity contribution in [1.82, 2.24) is 9.55 Å². The Morgan fingerprint density at radius 2 is 1.73 bits per heavy atom. The van der Waals surface area contributed by atoms with Crippen molar-refractivity contribution in [2.24, 2.45) is 0 Å². The zero-order valence-electron chi connectivity index (χ0n) is 15.2. The van der Waals surface area contributed by atoms with Crippen molar-refractivity contribution in [3.8, 4) is 0 Å². The molecule has 1 aromatic heterocycles.